The molecule has 0 saturated heterocycles. The van der Waals surface area contributed by atoms with Crippen LogP contribution in [0.15, 0.2) is 12.3 Å². The van der Waals surface area contributed by atoms with Gasteiger partial charge in [-0.05, 0) is 40.2 Å². The average molecular weight is 328 g/mol. The van der Waals surface area contributed by atoms with Crippen molar-refractivity contribution in [3.05, 3.63) is 17.8 Å². The largest absolute Gasteiger partial charge is 0.597 e. The van der Waals surface area contributed by atoms with Crippen LogP contribution in [0.2, 0.25) is 0 Å². The van der Waals surface area contributed by atoms with Gasteiger partial charge in [-0.1, -0.05) is 6.07 Å². The quantitative estimate of drug-likeness (QED) is 0.588. The summed E-state index contributed by atoms with van der Waals surface area (Å²) in [4.78, 5) is 4.11. The first-order chi connectivity index (χ1) is 10.1. The Morgan fingerprint density at radius 3 is 2.45 bits per heavy atom. The first-order valence-electron chi connectivity index (χ1n) is 7.22. The van der Waals surface area contributed by atoms with Gasteiger partial charge in [-0.25, -0.2) is 4.98 Å². The van der Waals surface area contributed by atoms with Gasteiger partial charge in [0.05, 0.1) is 13.2 Å². The van der Waals surface area contributed by atoms with Crippen LogP contribution in [0, 0.1) is 0 Å². The summed E-state index contributed by atoms with van der Waals surface area (Å²) in [7, 11) is -0.248. The predicted molar refractivity (Wildman–Crippen MR) is 89.3 cm³/mol. The highest BCUT2D eigenvalue weighted by molar-refractivity contribution is 7.90. The van der Waals surface area contributed by atoms with Crippen LogP contribution in [0.4, 0.5) is 0 Å². The van der Waals surface area contributed by atoms with E-state index in [4.69, 9.17) is 4.74 Å². The molecule has 0 fully saturated rings. The van der Waals surface area contributed by atoms with Gasteiger partial charge in [0.15, 0.2) is 0 Å². The molecule has 1 rings (SSSR count). The monoisotopic (exact) mass is 328 g/mol. The van der Waals surface area contributed by atoms with E-state index < -0.39 is 18.5 Å². The van der Waals surface area contributed by atoms with Gasteiger partial charge < -0.3 is 19.3 Å². The zero-order chi connectivity index (χ0) is 17.1. The van der Waals surface area contributed by atoms with Crippen molar-refractivity contribution in [3.8, 4) is 5.88 Å². The lowest BCUT2D eigenvalue weighted by Crippen LogP contribution is -2.44. The van der Waals surface area contributed by atoms with Crippen molar-refractivity contribution in [3.63, 3.8) is 0 Å². The van der Waals surface area contributed by atoms with Crippen LogP contribution in [-0.2, 0) is 11.4 Å². The second-order valence-corrected chi connectivity index (χ2v) is 8.20. The van der Waals surface area contributed by atoms with Crippen molar-refractivity contribution >= 4 is 23.9 Å². The molecular weight excluding hydrogens is 303 g/mol. The molecule has 1 aromatic rings. The van der Waals surface area contributed by atoms with Crippen molar-refractivity contribution in [1.82, 2.24) is 9.29 Å². The molecule has 0 aliphatic carbocycles. The molecule has 0 bridgehead atoms. The van der Waals surface area contributed by atoms with E-state index in [1.54, 1.807) is 12.3 Å². The highest BCUT2D eigenvalue weighted by atomic mass is 32.2. The minimum absolute atomic E-state index is 0.172. The van der Waals surface area contributed by atoms with Gasteiger partial charge in [0.1, 0.15) is 4.75 Å². The molecular formula is C14H25BN2O4S. The van der Waals surface area contributed by atoms with E-state index in [9.17, 15) is 14.6 Å². The maximum absolute atomic E-state index is 12.6. The van der Waals surface area contributed by atoms with Crippen LogP contribution < -0.4 is 10.2 Å². The Kier molecular flexibility index (Phi) is 6.70. The van der Waals surface area contributed by atoms with Gasteiger partial charge in [-0.2, -0.15) is 0 Å². The van der Waals surface area contributed by atoms with Crippen molar-refractivity contribution in [2.24, 2.45) is 0 Å². The Morgan fingerprint density at radius 1 is 1.45 bits per heavy atom. The zero-order valence-electron chi connectivity index (χ0n) is 14.0. The molecule has 0 radical (unpaired) electrons. The molecule has 0 saturated carbocycles. The number of pyridine rings is 1. The highest BCUT2D eigenvalue weighted by Gasteiger charge is 2.36. The summed E-state index contributed by atoms with van der Waals surface area (Å²) in [5.74, 6) is 0.172. The van der Waals surface area contributed by atoms with E-state index in [2.05, 4.69) is 4.98 Å². The number of ether oxygens (including phenoxy) is 1. The number of aromatic nitrogens is 1. The molecule has 0 amide bonds. The third kappa shape index (κ3) is 4.36. The van der Waals surface area contributed by atoms with Crippen LogP contribution in [0.3, 0.4) is 0 Å². The summed E-state index contributed by atoms with van der Waals surface area (Å²) in [6.45, 7) is 10.2. The van der Waals surface area contributed by atoms with Crippen LogP contribution in [0.5, 0.6) is 5.88 Å². The Balaban J connectivity index is 3.15. The van der Waals surface area contributed by atoms with E-state index in [1.165, 1.54) is 7.11 Å². The number of hydrogen-bond donors (Lipinski definition) is 2. The van der Waals surface area contributed by atoms with Crippen molar-refractivity contribution in [2.75, 3.05) is 13.7 Å². The van der Waals surface area contributed by atoms with E-state index in [0.717, 1.165) is 5.56 Å². The number of rotatable bonds is 6. The molecule has 6 nitrogen and oxygen atoms in total. The second-order valence-electron chi connectivity index (χ2n) is 6.01. The Labute approximate surface area is 136 Å². The molecule has 0 aliphatic rings. The first kappa shape index (κ1) is 19.3. The minimum Gasteiger partial charge on any atom is -0.597 e. The lowest BCUT2D eigenvalue weighted by Gasteiger charge is -2.35. The lowest BCUT2D eigenvalue weighted by atomic mass is 9.80. The molecule has 8 heteroatoms. The van der Waals surface area contributed by atoms with Crippen molar-refractivity contribution < 1.29 is 19.3 Å². The number of hydrogen-bond acceptors (Lipinski definition) is 6. The molecule has 124 valence electrons. The van der Waals surface area contributed by atoms with E-state index in [1.807, 2.05) is 38.9 Å². The fourth-order valence-electron chi connectivity index (χ4n) is 2.12. The molecule has 2 N–H and O–H groups in total. The fraction of sp³-hybridized carbons (Fsp3) is 0.643. The van der Waals surface area contributed by atoms with E-state index >= 15 is 0 Å². The molecule has 0 aliphatic heterocycles. The second kappa shape index (κ2) is 7.65. The van der Waals surface area contributed by atoms with Crippen molar-refractivity contribution in [1.29, 1.82) is 0 Å². The molecule has 2 atom stereocenters. The molecule has 0 spiro atoms. The number of nitrogens with zero attached hydrogens (tertiary/aromatic N) is 2. The highest BCUT2D eigenvalue weighted by Crippen LogP contribution is 2.29. The van der Waals surface area contributed by atoms with Crippen LogP contribution in [0.1, 0.15) is 46.2 Å². The first-order valence-corrected chi connectivity index (χ1v) is 8.32. The third-order valence-electron chi connectivity index (χ3n) is 3.33. The minimum atomic E-state index is -1.67. The topological polar surface area (TPSA) is 88.9 Å². The summed E-state index contributed by atoms with van der Waals surface area (Å²) in [5, 5.41) is 18.9. The van der Waals surface area contributed by atoms with Gasteiger partial charge in [-0.3, -0.25) is 0 Å². The van der Waals surface area contributed by atoms with E-state index in [0.29, 0.717) is 6.54 Å². The van der Waals surface area contributed by atoms with Gasteiger partial charge in [-0.15, -0.1) is 4.31 Å². The van der Waals surface area contributed by atoms with Gasteiger partial charge in [0, 0.05) is 29.6 Å². The Hall–Kier alpha value is -0.795. The summed E-state index contributed by atoms with van der Waals surface area (Å²) in [6, 6.07) is 1.45. The molecule has 1 aromatic heterocycles. The summed E-state index contributed by atoms with van der Waals surface area (Å²) in [5.41, 5.74) is 0.952. The summed E-state index contributed by atoms with van der Waals surface area (Å²) < 4.78 is 19.2. The third-order valence-corrected chi connectivity index (χ3v) is 5.38. The summed E-state index contributed by atoms with van der Waals surface area (Å²) >= 11 is -1.18. The van der Waals surface area contributed by atoms with Crippen molar-refractivity contribution in [2.45, 2.75) is 45.4 Å². The van der Waals surface area contributed by atoms with E-state index in [-0.39, 0.29) is 22.1 Å². The standard InChI is InChI=1S/C14H25BN2O4S/c1-7-17(22(20)14(3,4)5)10(2)11-8-12(15(18)19)13(21-6)16-9-11/h8-10,18-19H,7H2,1-6H3. The maximum atomic E-state index is 12.6. The molecule has 1 heterocycles. The predicted octanol–water partition coefficient (Wildman–Crippen LogP) is 0.615. The maximum Gasteiger partial charge on any atom is 0.494 e. The molecule has 2 unspecified atom stereocenters. The zero-order valence-corrected chi connectivity index (χ0v) is 14.8. The lowest BCUT2D eigenvalue weighted by molar-refractivity contribution is 0.343. The van der Waals surface area contributed by atoms with Crippen LogP contribution in [-0.4, -0.2) is 49.4 Å². The van der Waals surface area contributed by atoms with Gasteiger partial charge >= 0.3 is 7.12 Å². The fourth-order valence-corrected chi connectivity index (χ4v) is 3.47. The average Bonchev–Trinajstić information content (AvgIpc) is 2.45. The molecule has 22 heavy (non-hydrogen) atoms. The smallest absolute Gasteiger partial charge is 0.494 e. The molecule has 0 aromatic carbocycles. The van der Waals surface area contributed by atoms with Gasteiger partial charge in [0.2, 0.25) is 5.88 Å². The Bertz CT molecular complexity index is 496. The Morgan fingerprint density at radius 2 is 2.05 bits per heavy atom. The summed E-state index contributed by atoms with van der Waals surface area (Å²) in [6.07, 6.45) is 1.61. The number of methoxy groups -OCH3 is 1. The SMILES string of the molecule is CCN(C(C)c1cnc(OC)c(B(O)O)c1)[S+]([O-])C(C)(C)C. The normalized spacial score (nSPS) is 14.8. The van der Waals surface area contributed by atoms with Crippen LogP contribution >= 0.6 is 0 Å². The van der Waals surface area contributed by atoms with Gasteiger partial charge in [0.25, 0.3) is 0 Å². The van der Waals surface area contributed by atoms with Crippen LogP contribution in [0.25, 0.3) is 0 Å².